The predicted molar refractivity (Wildman–Crippen MR) is 84.1 cm³/mol. The highest BCUT2D eigenvalue weighted by atomic mass is 79.9. The minimum atomic E-state index is 0.587. The van der Waals surface area contributed by atoms with Crippen molar-refractivity contribution in [2.24, 2.45) is 0 Å². The average Bonchev–Trinajstić information content (AvgIpc) is 2.47. The van der Waals surface area contributed by atoms with Crippen LogP contribution in [0.15, 0.2) is 53.0 Å². The first-order valence-corrected chi connectivity index (χ1v) is 7.08. The molecule has 4 heteroatoms. The fourth-order valence-electron chi connectivity index (χ4n) is 1.80. The molecule has 0 bridgehead atoms. The number of likely N-dealkylation sites (N-methyl/N-ethyl adjacent to an activating group) is 1. The van der Waals surface area contributed by atoms with Gasteiger partial charge in [0.15, 0.2) is 0 Å². The molecule has 0 N–H and O–H groups in total. The van der Waals surface area contributed by atoms with E-state index in [4.69, 9.17) is 10.00 Å². The summed E-state index contributed by atoms with van der Waals surface area (Å²) in [5, 5.41) is 8.90. The summed E-state index contributed by atoms with van der Waals surface area (Å²) >= 11 is 3.41. The second kappa shape index (κ2) is 6.97. The van der Waals surface area contributed by atoms with E-state index in [1.165, 1.54) is 0 Å². The summed E-state index contributed by atoms with van der Waals surface area (Å²) in [5.74, 6) is 0.846. The van der Waals surface area contributed by atoms with Gasteiger partial charge in [-0.05, 0) is 36.4 Å². The SMILES string of the molecule is CN(CCOc1cccc(Br)c1)c1cccc(C#N)c1. The minimum absolute atomic E-state index is 0.587. The molecule has 0 fully saturated rings. The largest absolute Gasteiger partial charge is 0.492 e. The fraction of sp³-hybridized carbons (Fsp3) is 0.188. The van der Waals surface area contributed by atoms with E-state index < -0.39 is 0 Å². The lowest BCUT2D eigenvalue weighted by atomic mass is 10.2. The molecule has 2 aromatic carbocycles. The summed E-state index contributed by atoms with van der Waals surface area (Å²) in [4.78, 5) is 2.07. The van der Waals surface area contributed by atoms with Crippen LogP contribution in [-0.2, 0) is 0 Å². The Balaban J connectivity index is 1.89. The van der Waals surface area contributed by atoms with Crippen LogP contribution < -0.4 is 9.64 Å². The Hall–Kier alpha value is -1.99. The molecule has 0 unspecified atom stereocenters. The third-order valence-electron chi connectivity index (χ3n) is 2.91. The Morgan fingerprint density at radius 1 is 1.20 bits per heavy atom. The van der Waals surface area contributed by atoms with Crippen molar-refractivity contribution < 1.29 is 4.74 Å². The van der Waals surface area contributed by atoms with E-state index in [1.54, 1.807) is 6.07 Å². The molecule has 0 saturated heterocycles. The number of hydrogen-bond acceptors (Lipinski definition) is 3. The van der Waals surface area contributed by atoms with Gasteiger partial charge in [-0.3, -0.25) is 0 Å². The number of nitriles is 1. The van der Waals surface area contributed by atoms with Gasteiger partial charge in [0.1, 0.15) is 12.4 Å². The van der Waals surface area contributed by atoms with Gasteiger partial charge in [0.05, 0.1) is 18.2 Å². The molecule has 20 heavy (non-hydrogen) atoms. The monoisotopic (exact) mass is 330 g/mol. The fourth-order valence-corrected chi connectivity index (χ4v) is 2.18. The average molecular weight is 331 g/mol. The van der Waals surface area contributed by atoms with E-state index in [-0.39, 0.29) is 0 Å². The number of ether oxygens (including phenoxy) is 1. The second-order valence-corrected chi connectivity index (χ2v) is 5.31. The Bertz CT molecular complexity index is 622. The number of rotatable bonds is 5. The number of nitrogens with zero attached hydrogens (tertiary/aromatic N) is 2. The molecule has 0 radical (unpaired) electrons. The van der Waals surface area contributed by atoms with E-state index >= 15 is 0 Å². The van der Waals surface area contributed by atoms with Gasteiger partial charge in [-0.15, -0.1) is 0 Å². The van der Waals surface area contributed by atoms with Gasteiger partial charge in [0.25, 0.3) is 0 Å². The summed E-state index contributed by atoms with van der Waals surface area (Å²) in [6.45, 7) is 1.34. The molecule has 3 nitrogen and oxygen atoms in total. The summed E-state index contributed by atoms with van der Waals surface area (Å²) in [5.41, 5.74) is 1.68. The van der Waals surface area contributed by atoms with Crippen LogP contribution in [0.3, 0.4) is 0 Å². The van der Waals surface area contributed by atoms with Crippen LogP contribution in [0.1, 0.15) is 5.56 Å². The molecule has 0 aromatic heterocycles. The maximum absolute atomic E-state index is 8.90. The molecule has 0 aliphatic heterocycles. The number of anilines is 1. The molecular formula is C16H15BrN2O. The van der Waals surface area contributed by atoms with Crippen LogP contribution in [-0.4, -0.2) is 20.2 Å². The standard InChI is InChI=1S/C16H15BrN2O/c1-19(15-6-2-4-13(10-15)12-18)8-9-20-16-7-3-5-14(17)11-16/h2-7,10-11H,8-9H2,1H3. The van der Waals surface area contributed by atoms with Gasteiger partial charge in [-0.25, -0.2) is 0 Å². The highest BCUT2D eigenvalue weighted by molar-refractivity contribution is 9.10. The third kappa shape index (κ3) is 4.01. The second-order valence-electron chi connectivity index (χ2n) is 4.39. The van der Waals surface area contributed by atoms with Crippen LogP contribution in [0.5, 0.6) is 5.75 Å². The lowest BCUT2D eigenvalue weighted by Crippen LogP contribution is -2.23. The van der Waals surface area contributed by atoms with Crippen LogP contribution in [0.4, 0.5) is 5.69 Å². The molecule has 0 atom stereocenters. The van der Waals surface area contributed by atoms with Crippen molar-refractivity contribution in [1.82, 2.24) is 0 Å². The molecule has 0 heterocycles. The van der Waals surface area contributed by atoms with Crippen molar-refractivity contribution in [3.63, 3.8) is 0 Å². The normalized spacial score (nSPS) is 9.85. The lowest BCUT2D eigenvalue weighted by molar-refractivity contribution is 0.326. The molecule has 0 amide bonds. The summed E-state index contributed by atoms with van der Waals surface area (Å²) in [7, 11) is 1.99. The number of halogens is 1. The minimum Gasteiger partial charge on any atom is -0.492 e. The first kappa shape index (κ1) is 14.4. The summed E-state index contributed by atoms with van der Waals surface area (Å²) in [6.07, 6.45) is 0. The van der Waals surface area contributed by atoms with E-state index in [0.29, 0.717) is 12.2 Å². The van der Waals surface area contributed by atoms with Gasteiger partial charge in [-0.2, -0.15) is 5.26 Å². The molecule has 0 spiro atoms. The van der Waals surface area contributed by atoms with Crippen LogP contribution in [0.25, 0.3) is 0 Å². The Morgan fingerprint density at radius 3 is 2.75 bits per heavy atom. The number of hydrogen-bond donors (Lipinski definition) is 0. The van der Waals surface area contributed by atoms with Gasteiger partial charge >= 0.3 is 0 Å². The van der Waals surface area contributed by atoms with E-state index in [2.05, 4.69) is 26.9 Å². The zero-order chi connectivity index (χ0) is 14.4. The van der Waals surface area contributed by atoms with Gasteiger partial charge < -0.3 is 9.64 Å². The molecule has 2 rings (SSSR count). The Morgan fingerprint density at radius 2 is 2.00 bits per heavy atom. The van der Waals surface area contributed by atoms with Gasteiger partial charge in [-0.1, -0.05) is 28.1 Å². The first-order valence-electron chi connectivity index (χ1n) is 6.29. The van der Waals surface area contributed by atoms with Gasteiger partial charge in [0, 0.05) is 17.2 Å². The predicted octanol–water partition coefficient (Wildman–Crippen LogP) is 3.84. The van der Waals surface area contributed by atoms with Crippen molar-refractivity contribution in [1.29, 1.82) is 5.26 Å². The maximum atomic E-state index is 8.90. The van der Waals surface area contributed by atoms with Crippen molar-refractivity contribution in [2.75, 3.05) is 25.1 Å². The summed E-state index contributed by atoms with van der Waals surface area (Å²) < 4.78 is 6.70. The highest BCUT2D eigenvalue weighted by Gasteiger charge is 2.02. The highest BCUT2D eigenvalue weighted by Crippen LogP contribution is 2.18. The zero-order valence-electron chi connectivity index (χ0n) is 11.2. The molecule has 0 aliphatic rings. The molecule has 2 aromatic rings. The van der Waals surface area contributed by atoms with Crippen molar-refractivity contribution in [3.8, 4) is 11.8 Å². The first-order chi connectivity index (χ1) is 9.69. The third-order valence-corrected chi connectivity index (χ3v) is 3.40. The quantitative estimate of drug-likeness (QED) is 0.835. The molecule has 0 saturated carbocycles. The lowest BCUT2D eigenvalue weighted by Gasteiger charge is -2.19. The van der Waals surface area contributed by atoms with E-state index in [0.717, 1.165) is 22.5 Å². The number of benzene rings is 2. The van der Waals surface area contributed by atoms with Gasteiger partial charge in [0.2, 0.25) is 0 Å². The van der Waals surface area contributed by atoms with E-state index in [9.17, 15) is 0 Å². The molecule has 102 valence electrons. The Labute approximate surface area is 127 Å². The maximum Gasteiger partial charge on any atom is 0.120 e. The van der Waals surface area contributed by atoms with Crippen LogP contribution in [0, 0.1) is 11.3 Å². The van der Waals surface area contributed by atoms with Crippen molar-refractivity contribution in [3.05, 3.63) is 58.6 Å². The zero-order valence-corrected chi connectivity index (χ0v) is 12.8. The van der Waals surface area contributed by atoms with Crippen LogP contribution in [0.2, 0.25) is 0 Å². The smallest absolute Gasteiger partial charge is 0.120 e. The molecule has 0 aliphatic carbocycles. The molecular weight excluding hydrogens is 316 g/mol. The van der Waals surface area contributed by atoms with Crippen LogP contribution >= 0.6 is 15.9 Å². The van der Waals surface area contributed by atoms with E-state index in [1.807, 2.05) is 49.5 Å². The topological polar surface area (TPSA) is 36.3 Å². The van der Waals surface area contributed by atoms with Crippen molar-refractivity contribution >= 4 is 21.6 Å². The summed E-state index contributed by atoms with van der Waals surface area (Å²) in [6, 6.07) is 17.5. The Kier molecular flexibility index (Phi) is 5.03. The van der Waals surface area contributed by atoms with Crippen molar-refractivity contribution in [2.45, 2.75) is 0 Å².